The van der Waals surface area contributed by atoms with Crippen molar-refractivity contribution in [2.24, 2.45) is 11.7 Å². The minimum Gasteiger partial charge on any atom is -0.330 e. The SMILES string of the molecule is CCN(C1CCCN(C)CC1)C1CCCC1CN. The van der Waals surface area contributed by atoms with E-state index >= 15 is 0 Å². The molecule has 1 saturated carbocycles. The molecule has 0 bridgehead atoms. The van der Waals surface area contributed by atoms with Gasteiger partial charge in [0.2, 0.25) is 0 Å². The first-order valence-electron chi connectivity index (χ1n) is 7.90. The van der Waals surface area contributed by atoms with Crippen LogP contribution in [0.15, 0.2) is 0 Å². The molecule has 1 saturated heterocycles. The molecular formula is C15H31N3. The predicted molar refractivity (Wildman–Crippen MR) is 77.7 cm³/mol. The Morgan fingerprint density at radius 3 is 2.67 bits per heavy atom. The van der Waals surface area contributed by atoms with Crippen LogP contribution in [0.5, 0.6) is 0 Å². The van der Waals surface area contributed by atoms with Crippen molar-refractivity contribution in [1.29, 1.82) is 0 Å². The number of hydrogen-bond donors (Lipinski definition) is 1. The van der Waals surface area contributed by atoms with E-state index in [9.17, 15) is 0 Å². The first-order chi connectivity index (χ1) is 8.76. The van der Waals surface area contributed by atoms with Crippen molar-refractivity contribution in [3.8, 4) is 0 Å². The van der Waals surface area contributed by atoms with Crippen LogP contribution >= 0.6 is 0 Å². The third kappa shape index (κ3) is 3.25. The van der Waals surface area contributed by atoms with E-state index in [1.165, 1.54) is 58.2 Å². The summed E-state index contributed by atoms with van der Waals surface area (Å²) < 4.78 is 0. The van der Waals surface area contributed by atoms with Gasteiger partial charge >= 0.3 is 0 Å². The van der Waals surface area contributed by atoms with Crippen LogP contribution in [-0.2, 0) is 0 Å². The monoisotopic (exact) mass is 253 g/mol. The van der Waals surface area contributed by atoms with Crippen molar-refractivity contribution in [2.75, 3.05) is 33.2 Å². The molecule has 1 aliphatic carbocycles. The lowest BCUT2D eigenvalue weighted by molar-refractivity contribution is 0.104. The Balaban J connectivity index is 1.98. The fourth-order valence-corrected chi connectivity index (χ4v) is 4.05. The van der Waals surface area contributed by atoms with Gasteiger partial charge in [0.15, 0.2) is 0 Å². The van der Waals surface area contributed by atoms with E-state index in [1.54, 1.807) is 0 Å². The molecule has 0 aromatic carbocycles. The second-order valence-electron chi connectivity index (χ2n) is 6.21. The maximum absolute atomic E-state index is 5.96. The second kappa shape index (κ2) is 6.88. The van der Waals surface area contributed by atoms with Crippen LogP contribution in [0.1, 0.15) is 45.4 Å². The minimum absolute atomic E-state index is 0.755. The zero-order chi connectivity index (χ0) is 13.0. The maximum atomic E-state index is 5.96. The Bertz CT molecular complexity index is 244. The molecule has 0 aromatic heterocycles. The van der Waals surface area contributed by atoms with Crippen LogP contribution in [0, 0.1) is 5.92 Å². The van der Waals surface area contributed by atoms with Gasteiger partial charge in [-0.1, -0.05) is 13.3 Å². The molecule has 0 radical (unpaired) electrons. The topological polar surface area (TPSA) is 32.5 Å². The number of hydrogen-bond acceptors (Lipinski definition) is 3. The van der Waals surface area contributed by atoms with Crippen LogP contribution in [-0.4, -0.2) is 55.1 Å². The van der Waals surface area contributed by atoms with Crippen molar-refractivity contribution < 1.29 is 0 Å². The van der Waals surface area contributed by atoms with Crippen molar-refractivity contribution in [3.05, 3.63) is 0 Å². The van der Waals surface area contributed by atoms with Gasteiger partial charge in [-0.05, 0) is 71.2 Å². The molecule has 3 unspecified atom stereocenters. The second-order valence-corrected chi connectivity index (χ2v) is 6.21. The molecule has 3 atom stereocenters. The van der Waals surface area contributed by atoms with Crippen LogP contribution in [0.25, 0.3) is 0 Å². The lowest BCUT2D eigenvalue weighted by atomic mass is 9.98. The van der Waals surface area contributed by atoms with E-state index in [0.717, 1.165) is 24.5 Å². The summed E-state index contributed by atoms with van der Waals surface area (Å²) in [6, 6.07) is 1.57. The highest BCUT2D eigenvalue weighted by Gasteiger charge is 2.34. The van der Waals surface area contributed by atoms with Crippen molar-refractivity contribution in [3.63, 3.8) is 0 Å². The Labute approximate surface area is 113 Å². The molecule has 2 N–H and O–H groups in total. The van der Waals surface area contributed by atoms with Crippen LogP contribution in [0.2, 0.25) is 0 Å². The van der Waals surface area contributed by atoms with Gasteiger partial charge in [-0.3, -0.25) is 4.90 Å². The summed E-state index contributed by atoms with van der Waals surface area (Å²) >= 11 is 0. The fourth-order valence-electron chi connectivity index (χ4n) is 4.05. The minimum atomic E-state index is 0.755. The first-order valence-corrected chi connectivity index (χ1v) is 7.90. The smallest absolute Gasteiger partial charge is 0.0138 e. The average Bonchev–Trinajstić information content (AvgIpc) is 2.74. The summed E-state index contributed by atoms with van der Waals surface area (Å²) in [5.41, 5.74) is 5.96. The summed E-state index contributed by atoms with van der Waals surface area (Å²) in [5.74, 6) is 0.755. The van der Waals surface area contributed by atoms with E-state index in [1.807, 2.05) is 0 Å². The van der Waals surface area contributed by atoms with Gasteiger partial charge < -0.3 is 10.6 Å². The van der Waals surface area contributed by atoms with Gasteiger partial charge in [0, 0.05) is 12.1 Å². The standard InChI is InChI=1S/C15H31N3/c1-3-18(15-8-4-6-13(15)12-16)14-7-5-10-17(2)11-9-14/h13-15H,3-12,16H2,1-2H3. The average molecular weight is 253 g/mol. The van der Waals surface area contributed by atoms with Crippen molar-refractivity contribution in [2.45, 2.75) is 57.5 Å². The molecule has 1 aliphatic heterocycles. The molecule has 3 heteroatoms. The van der Waals surface area contributed by atoms with Crippen molar-refractivity contribution >= 4 is 0 Å². The highest BCUT2D eigenvalue weighted by molar-refractivity contribution is 4.89. The number of rotatable bonds is 4. The molecule has 18 heavy (non-hydrogen) atoms. The van der Waals surface area contributed by atoms with Gasteiger partial charge in [0.05, 0.1) is 0 Å². The lowest BCUT2D eigenvalue weighted by Crippen LogP contribution is -2.46. The highest BCUT2D eigenvalue weighted by Crippen LogP contribution is 2.32. The van der Waals surface area contributed by atoms with Crippen molar-refractivity contribution in [1.82, 2.24) is 9.80 Å². The van der Waals surface area contributed by atoms with E-state index < -0.39 is 0 Å². The summed E-state index contributed by atoms with van der Waals surface area (Å²) in [7, 11) is 2.26. The Hall–Kier alpha value is -0.120. The Morgan fingerprint density at radius 2 is 1.94 bits per heavy atom. The van der Waals surface area contributed by atoms with Crippen LogP contribution in [0.3, 0.4) is 0 Å². The lowest BCUT2D eigenvalue weighted by Gasteiger charge is -2.38. The molecule has 0 amide bonds. The van der Waals surface area contributed by atoms with Gasteiger partial charge in [-0.2, -0.15) is 0 Å². The first kappa shape index (κ1) is 14.3. The van der Waals surface area contributed by atoms with E-state index in [-0.39, 0.29) is 0 Å². The molecule has 3 nitrogen and oxygen atoms in total. The fraction of sp³-hybridized carbons (Fsp3) is 1.00. The molecule has 2 rings (SSSR count). The van der Waals surface area contributed by atoms with E-state index in [0.29, 0.717) is 0 Å². The third-order valence-electron chi connectivity index (χ3n) is 5.10. The van der Waals surface area contributed by atoms with Crippen LogP contribution < -0.4 is 5.73 Å². The number of nitrogens with zero attached hydrogens (tertiary/aromatic N) is 2. The number of nitrogens with two attached hydrogens (primary N) is 1. The number of likely N-dealkylation sites (tertiary alicyclic amines) is 1. The van der Waals surface area contributed by atoms with Gasteiger partial charge in [-0.25, -0.2) is 0 Å². The largest absolute Gasteiger partial charge is 0.330 e. The quantitative estimate of drug-likeness (QED) is 0.831. The predicted octanol–water partition coefficient (Wildman–Crippen LogP) is 1.92. The molecule has 106 valence electrons. The maximum Gasteiger partial charge on any atom is 0.0138 e. The van der Waals surface area contributed by atoms with Gasteiger partial charge in [0.25, 0.3) is 0 Å². The van der Waals surface area contributed by atoms with E-state index in [2.05, 4.69) is 23.8 Å². The summed E-state index contributed by atoms with van der Waals surface area (Å²) in [5, 5.41) is 0. The van der Waals surface area contributed by atoms with Gasteiger partial charge in [-0.15, -0.1) is 0 Å². The zero-order valence-electron chi connectivity index (χ0n) is 12.3. The van der Waals surface area contributed by atoms with E-state index in [4.69, 9.17) is 5.73 Å². The Morgan fingerprint density at radius 1 is 1.11 bits per heavy atom. The third-order valence-corrected chi connectivity index (χ3v) is 5.10. The van der Waals surface area contributed by atoms with Gasteiger partial charge in [0.1, 0.15) is 0 Å². The van der Waals surface area contributed by atoms with Crippen LogP contribution in [0.4, 0.5) is 0 Å². The molecule has 1 heterocycles. The highest BCUT2D eigenvalue weighted by atomic mass is 15.2. The molecule has 0 spiro atoms. The molecule has 2 fully saturated rings. The molecule has 2 aliphatic rings. The summed E-state index contributed by atoms with van der Waals surface area (Å²) in [4.78, 5) is 5.28. The Kier molecular flexibility index (Phi) is 5.46. The zero-order valence-corrected chi connectivity index (χ0v) is 12.3. The summed E-state index contributed by atoms with van der Waals surface area (Å²) in [6.45, 7) is 6.96. The molecule has 0 aromatic rings. The summed E-state index contributed by atoms with van der Waals surface area (Å²) in [6.07, 6.45) is 8.20. The normalized spacial score (nSPS) is 35.0. The molecular weight excluding hydrogens is 222 g/mol.